The van der Waals surface area contributed by atoms with Gasteiger partial charge in [-0.25, -0.2) is 0 Å². The maximum absolute atomic E-state index is 12.8. The van der Waals surface area contributed by atoms with E-state index < -0.39 is 29.9 Å². The number of rotatable bonds is 52. The molecule has 0 aromatic heterocycles. The van der Waals surface area contributed by atoms with Crippen molar-refractivity contribution >= 4 is 17.9 Å². The van der Waals surface area contributed by atoms with Gasteiger partial charge >= 0.3 is 17.9 Å². The van der Waals surface area contributed by atoms with E-state index in [1.165, 1.54) is 57.8 Å². The van der Waals surface area contributed by atoms with Crippen LogP contribution in [0.4, 0.5) is 0 Å². The van der Waals surface area contributed by atoms with Gasteiger partial charge in [-0.05, 0) is 96.3 Å². The summed E-state index contributed by atoms with van der Waals surface area (Å²) >= 11 is 0. The van der Waals surface area contributed by atoms with Gasteiger partial charge in [-0.1, -0.05) is 192 Å². The molecule has 0 aromatic carbocycles. The molecule has 10 heteroatoms. The van der Waals surface area contributed by atoms with Crippen molar-refractivity contribution in [3.05, 3.63) is 36.5 Å². The minimum absolute atomic E-state index is 0.221. The first-order chi connectivity index (χ1) is 33.6. The molecule has 0 bridgehead atoms. The van der Waals surface area contributed by atoms with Crippen LogP contribution in [0, 0.1) is 5.41 Å². The predicted octanol–water partition coefficient (Wildman–Crippen LogP) is 14.6. The second-order valence-corrected chi connectivity index (χ2v) is 20.2. The van der Waals surface area contributed by atoms with Crippen molar-refractivity contribution in [2.75, 3.05) is 26.4 Å². The van der Waals surface area contributed by atoms with Gasteiger partial charge in [-0.3, -0.25) is 14.4 Å². The summed E-state index contributed by atoms with van der Waals surface area (Å²) in [5.41, 5.74) is -1.25. The fourth-order valence-electron chi connectivity index (χ4n) is 8.25. The first kappa shape index (κ1) is 66.5. The molecule has 0 aliphatic heterocycles. The molecule has 0 aliphatic carbocycles. The van der Waals surface area contributed by atoms with Crippen molar-refractivity contribution in [2.24, 2.45) is 5.41 Å². The van der Waals surface area contributed by atoms with Crippen LogP contribution in [0.2, 0.25) is 0 Å². The number of aliphatic hydroxyl groups excluding tert-OH is 4. The highest BCUT2D eigenvalue weighted by Crippen LogP contribution is 2.22. The molecular weight excluding hydrogens is 869 g/mol. The van der Waals surface area contributed by atoms with Crippen LogP contribution in [0.15, 0.2) is 36.5 Å². The molecule has 4 N–H and O–H groups in total. The maximum atomic E-state index is 12.8. The Kier molecular flexibility index (Phi) is 48.6. The van der Waals surface area contributed by atoms with Crippen molar-refractivity contribution in [3.63, 3.8) is 0 Å². The van der Waals surface area contributed by atoms with E-state index in [2.05, 4.69) is 57.2 Å². The topological polar surface area (TPSA) is 160 Å². The lowest BCUT2D eigenvalue weighted by molar-refractivity contribution is -0.165. The zero-order valence-corrected chi connectivity index (χ0v) is 44.8. The van der Waals surface area contributed by atoms with Crippen LogP contribution in [0.1, 0.15) is 271 Å². The number of carbonyl (C=O) groups excluding carboxylic acids is 3. The maximum Gasteiger partial charge on any atom is 0.305 e. The Morgan fingerprint density at radius 1 is 0.377 bits per heavy atom. The lowest BCUT2D eigenvalue weighted by atomic mass is 9.92. The number of ether oxygens (including phenoxy) is 3. The number of aliphatic hydroxyl groups is 4. The Hall–Kier alpha value is -2.53. The Morgan fingerprint density at radius 3 is 0.913 bits per heavy atom. The van der Waals surface area contributed by atoms with Crippen molar-refractivity contribution < 1.29 is 49.0 Å². The van der Waals surface area contributed by atoms with E-state index in [1.807, 2.05) is 0 Å². The van der Waals surface area contributed by atoms with Crippen LogP contribution in [0.3, 0.4) is 0 Å². The molecule has 404 valence electrons. The summed E-state index contributed by atoms with van der Waals surface area (Å²) in [6.07, 6.45) is 48.8. The highest BCUT2D eigenvalue weighted by atomic mass is 16.6. The Bertz CT molecular complexity index is 1100. The van der Waals surface area contributed by atoms with Crippen molar-refractivity contribution in [1.29, 1.82) is 0 Å². The van der Waals surface area contributed by atoms with Crippen molar-refractivity contribution in [2.45, 2.75) is 289 Å². The standard InChI is InChI=1S/C59H108O10/c1-4-7-10-31-40-53(61)43-34-25-19-13-16-22-28-37-46-56(64)67-50-59(49-60,51-68-57(65)47-38-29-23-17-14-20-26-35-44-54(62)41-32-11-8-5-2)52-69-58(66)48-39-30-24-18-15-21-27-36-45-55(63)42-33-12-9-6-3/h25-27,34-36,53-55,60-63H,4-24,28-33,37-52H2,1-3H3/b34-25-,35-26-,36-27-/t53-,54-,55-/m1/s1. The molecule has 10 nitrogen and oxygen atoms in total. The smallest absolute Gasteiger partial charge is 0.305 e. The summed E-state index contributed by atoms with van der Waals surface area (Å²) in [4.78, 5) is 38.5. The fraction of sp³-hybridized carbons (Fsp3) is 0.847. The summed E-state index contributed by atoms with van der Waals surface area (Å²) in [6.45, 7) is 5.44. The van der Waals surface area contributed by atoms with Crippen molar-refractivity contribution in [1.82, 2.24) is 0 Å². The number of hydrogen-bond donors (Lipinski definition) is 4. The monoisotopic (exact) mass is 977 g/mol. The fourth-order valence-corrected chi connectivity index (χ4v) is 8.25. The van der Waals surface area contributed by atoms with Crippen molar-refractivity contribution in [3.8, 4) is 0 Å². The van der Waals surface area contributed by atoms with Crippen LogP contribution in [-0.4, -0.2) is 83.1 Å². The molecule has 0 unspecified atom stereocenters. The summed E-state index contributed by atoms with van der Waals surface area (Å²) < 4.78 is 16.9. The minimum atomic E-state index is -1.25. The lowest BCUT2D eigenvalue weighted by Crippen LogP contribution is -2.42. The second kappa shape index (κ2) is 50.4. The summed E-state index contributed by atoms with van der Waals surface area (Å²) in [7, 11) is 0. The Balaban J connectivity index is 4.73. The SMILES string of the molecule is CCCCCC[C@@H](O)C/C=C\CCCCCCCC(=O)OCC(CO)(COC(=O)CCCCCCC/C=C\C[C@H](O)CCCCCC)COC(=O)CCCCCCC/C=C\C[C@H](O)CCCCCC. The molecular formula is C59H108O10. The molecule has 0 spiro atoms. The van der Waals surface area contributed by atoms with Gasteiger partial charge in [0.2, 0.25) is 0 Å². The van der Waals surface area contributed by atoms with E-state index >= 15 is 0 Å². The van der Waals surface area contributed by atoms with E-state index in [9.17, 15) is 34.8 Å². The third-order valence-electron chi connectivity index (χ3n) is 13.1. The van der Waals surface area contributed by atoms with E-state index in [1.54, 1.807) is 0 Å². The van der Waals surface area contributed by atoms with E-state index in [0.717, 1.165) is 154 Å². The number of allylic oxidation sites excluding steroid dienone is 3. The highest BCUT2D eigenvalue weighted by molar-refractivity contribution is 5.70. The summed E-state index contributed by atoms with van der Waals surface area (Å²) in [5.74, 6) is -1.17. The van der Waals surface area contributed by atoms with Gasteiger partial charge in [0.1, 0.15) is 19.8 Å². The van der Waals surface area contributed by atoms with Gasteiger partial charge in [0.05, 0.1) is 30.3 Å². The van der Waals surface area contributed by atoms with Gasteiger partial charge < -0.3 is 34.6 Å². The van der Waals surface area contributed by atoms with Crippen LogP contribution in [-0.2, 0) is 28.6 Å². The largest absolute Gasteiger partial charge is 0.465 e. The van der Waals surface area contributed by atoms with Gasteiger partial charge in [0.25, 0.3) is 0 Å². The number of hydrogen-bond acceptors (Lipinski definition) is 10. The molecule has 0 saturated heterocycles. The third kappa shape index (κ3) is 46.3. The van der Waals surface area contributed by atoms with Gasteiger partial charge in [-0.15, -0.1) is 0 Å². The van der Waals surface area contributed by atoms with Gasteiger partial charge in [-0.2, -0.15) is 0 Å². The van der Waals surface area contributed by atoms with Gasteiger partial charge in [0.15, 0.2) is 0 Å². The summed E-state index contributed by atoms with van der Waals surface area (Å²) in [5, 5.41) is 41.0. The first-order valence-corrected chi connectivity index (χ1v) is 28.7. The molecule has 0 fully saturated rings. The molecule has 69 heavy (non-hydrogen) atoms. The van der Waals surface area contributed by atoms with Crippen LogP contribution in [0.5, 0.6) is 0 Å². The molecule has 0 radical (unpaired) electrons. The molecule has 0 amide bonds. The summed E-state index contributed by atoms with van der Waals surface area (Å²) in [6, 6.07) is 0. The van der Waals surface area contributed by atoms with Crippen LogP contribution >= 0.6 is 0 Å². The van der Waals surface area contributed by atoms with Gasteiger partial charge in [0, 0.05) is 19.3 Å². The Labute approximate surface area is 423 Å². The van der Waals surface area contributed by atoms with Crippen LogP contribution in [0.25, 0.3) is 0 Å². The number of carbonyl (C=O) groups is 3. The predicted molar refractivity (Wildman–Crippen MR) is 285 cm³/mol. The Morgan fingerprint density at radius 2 is 0.638 bits per heavy atom. The van der Waals surface area contributed by atoms with E-state index in [-0.39, 0.29) is 57.4 Å². The molecule has 0 rings (SSSR count). The molecule has 0 saturated carbocycles. The quantitative estimate of drug-likeness (QED) is 0.0200. The first-order valence-electron chi connectivity index (χ1n) is 28.7. The number of unbranched alkanes of at least 4 members (excludes halogenated alkanes) is 24. The molecule has 0 aliphatic rings. The highest BCUT2D eigenvalue weighted by Gasteiger charge is 2.35. The normalized spacial score (nSPS) is 13.4. The van der Waals surface area contributed by atoms with E-state index in [0.29, 0.717) is 19.3 Å². The minimum Gasteiger partial charge on any atom is -0.465 e. The molecule has 0 heterocycles. The van der Waals surface area contributed by atoms with E-state index in [4.69, 9.17) is 14.2 Å². The average molecular weight is 978 g/mol. The third-order valence-corrected chi connectivity index (χ3v) is 13.1. The second-order valence-electron chi connectivity index (χ2n) is 20.2. The zero-order valence-electron chi connectivity index (χ0n) is 44.8. The molecule has 3 atom stereocenters. The zero-order chi connectivity index (χ0) is 50.7. The van der Waals surface area contributed by atoms with Crippen LogP contribution < -0.4 is 0 Å². The average Bonchev–Trinajstić information content (AvgIpc) is 3.34. The molecule has 0 aromatic rings. The lowest BCUT2D eigenvalue weighted by Gasteiger charge is -2.30. The number of esters is 3.